The van der Waals surface area contributed by atoms with Gasteiger partial charge in [0.05, 0.1) is 6.54 Å². The van der Waals surface area contributed by atoms with Crippen molar-refractivity contribution in [3.8, 4) is 0 Å². The SMILES string of the molecule is Cc1ccc(CNC(=O)CN(CC(C)C)CC(C)C)cc1. The molecule has 0 aliphatic carbocycles. The van der Waals surface area contributed by atoms with Crippen LogP contribution in [0.5, 0.6) is 0 Å². The van der Waals surface area contributed by atoms with E-state index in [4.69, 9.17) is 0 Å². The number of aryl methyl sites for hydroxylation is 1. The minimum atomic E-state index is 0.108. The monoisotopic (exact) mass is 290 g/mol. The summed E-state index contributed by atoms with van der Waals surface area (Å²) >= 11 is 0. The first kappa shape index (κ1) is 17.7. The van der Waals surface area contributed by atoms with E-state index in [-0.39, 0.29) is 5.91 Å². The van der Waals surface area contributed by atoms with Gasteiger partial charge in [-0.15, -0.1) is 0 Å². The zero-order valence-corrected chi connectivity index (χ0v) is 14.1. The fraction of sp³-hybridized carbons (Fsp3) is 0.611. The van der Waals surface area contributed by atoms with Gasteiger partial charge in [-0.05, 0) is 24.3 Å². The highest BCUT2D eigenvalue weighted by Crippen LogP contribution is 2.05. The van der Waals surface area contributed by atoms with Crippen molar-refractivity contribution in [3.05, 3.63) is 35.4 Å². The summed E-state index contributed by atoms with van der Waals surface area (Å²) in [5, 5.41) is 3.01. The number of rotatable bonds is 8. The Balaban J connectivity index is 2.43. The van der Waals surface area contributed by atoms with Crippen LogP contribution in [-0.4, -0.2) is 30.4 Å². The lowest BCUT2D eigenvalue weighted by molar-refractivity contribution is -0.122. The Morgan fingerprint density at radius 2 is 1.57 bits per heavy atom. The van der Waals surface area contributed by atoms with E-state index in [0.717, 1.165) is 18.7 Å². The first-order chi connectivity index (χ1) is 9.86. The van der Waals surface area contributed by atoms with E-state index < -0.39 is 0 Å². The Kier molecular flexibility index (Phi) is 7.44. The Labute approximate surface area is 129 Å². The van der Waals surface area contributed by atoms with Crippen LogP contribution in [0.15, 0.2) is 24.3 Å². The van der Waals surface area contributed by atoms with Crippen molar-refractivity contribution < 1.29 is 4.79 Å². The van der Waals surface area contributed by atoms with Gasteiger partial charge in [0.2, 0.25) is 5.91 Å². The minimum absolute atomic E-state index is 0.108. The fourth-order valence-electron chi connectivity index (χ4n) is 2.40. The largest absolute Gasteiger partial charge is 0.351 e. The van der Waals surface area contributed by atoms with Gasteiger partial charge in [-0.3, -0.25) is 9.69 Å². The third-order valence-electron chi connectivity index (χ3n) is 3.22. The molecule has 3 nitrogen and oxygen atoms in total. The highest BCUT2D eigenvalue weighted by atomic mass is 16.2. The summed E-state index contributed by atoms with van der Waals surface area (Å²) in [6.45, 7) is 13.9. The van der Waals surface area contributed by atoms with Gasteiger partial charge >= 0.3 is 0 Å². The van der Waals surface area contributed by atoms with Crippen LogP contribution in [0, 0.1) is 18.8 Å². The van der Waals surface area contributed by atoms with Gasteiger partial charge in [0.1, 0.15) is 0 Å². The molecule has 0 aliphatic heterocycles. The Morgan fingerprint density at radius 1 is 1.05 bits per heavy atom. The summed E-state index contributed by atoms with van der Waals surface area (Å²) in [5.74, 6) is 1.26. The zero-order chi connectivity index (χ0) is 15.8. The third kappa shape index (κ3) is 7.86. The molecule has 0 saturated carbocycles. The second-order valence-corrected chi connectivity index (χ2v) is 6.74. The molecule has 0 fully saturated rings. The molecule has 0 saturated heterocycles. The molecule has 0 unspecified atom stereocenters. The van der Waals surface area contributed by atoms with Crippen LogP contribution in [0.1, 0.15) is 38.8 Å². The van der Waals surface area contributed by atoms with Gasteiger partial charge in [-0.25, -0.2) is 0 Å². The van der Waals surface area contributed by atoms with E-state index >= 15 is 0 Å². The quantitative estimate of drug-likeness (QED) is 0.797. The van der Waals surface area contributed by atoms with E-state index in [0.29, 0.717) is 24.9 Å². The Hall–Kier alpha value is -1.35. The number of benzene rings is 1. The number of hydrogen-bond acceptors (Lipinski definition) is 2. The molecule has 0 radical (unpaired) electrons. The minimum Gasteiger partial charge on any atom is -0.351 e. The van der Waals surface area contributed by atoms with Gasteiger partial charge < -0.3 is 5.32 Å². The van der Waals surface area contributed by atoms with Crippen molar-refractivity contribution in [1.82, 2.24) is 10.2 Å². The maximum atomic E-state index is 12.1. The molecule has 1 rings (SSSR count). The Morgan fingerprint density at radius 3 is 2.05 bits per heavy atom. The lowest BCUT2D eigenvalue weighted by atomic mass is 10.1. The van der Waals surface area contributed by atoms with Crippen LogP contribution in [-0.2, 0) is 11.3 Å². The molecule has 1 N–H and O–H groups in total. The number of amides is 1. The maximum Gasteiger partial charge on any atom is 0.234 e. The van der Waals surface area contributed by atoms with Gasteiger partial charge in [0.25, 0.3) is 0 Å². The predicted molar refractivity (Wildman–Crippen MR) is 89.1 cm³/mol. The number of hydrogen-bond donors (Lipinski definition) is 1. The summed E-state index contributed by atoms with van der Waals surface area (Å²) in [6, 6.07) is 8.28. The lowest BCUT2D eigenvalue weighted by Crippen LogP contribution is -2.40. The molecule has 1 aromatic carbocycles. The molecule has 1 aromatic rings. The summed E-state index contributed by atoms with van der Waals surface area (Å²) in [4.78, 5) is 14.4. The van der Waals surface area contributed by atoms with Crippen molar-refractivity contribution in [3.63, 3.8) is 0 Å². The Bertz CT molecular complexity index is 413. The highest BCUT2D eigenvalue weighted by molar-refractivity contribution is 5.78. The summed E-state index contributed by atoms with van der Waals surface area (Å²) in [7, 11) is 0. The average Bonchev–Trinajstić information content (AvgIpc) is 2.36. The van der Waals surface area contributed by atoms with Gasteiger partial charge in [0, 0.05) is 19.6 Å². The smallest absolute Gasteiger partial charge is 0.234 e. The molecule has 0 bridgehead atoms. The highest BCUT2D eigenvalue weighted by Gasteiger charge is 2.13. The van der Waals surface area contributed by atoms with Crippen molar-refractivity contribution in [2.45, 2.75) is 41.2 Å². The number of carbonyl (C=O) groups excluding carboxylic acids is 1. The van der Waals surface area contributed by atoms with E-state index in [1.165, 1.54) is 5.56 Å². The van der Waals surface area contributed by atoms with E-state index in [2.05, 4.69) is 69.1 Å². The topological polar surface area (TPSA) is 32.3 Å². The predicted octanol–water partition coefficient (Wildman–Crippen LogP) is 3.23. The summed E-state index contributed by atoms with van der Waals surface area (Å²) < 4.78 is 0. The van der Waals surface area contributed by atoms with Crippen LogP contribution in [0.25, 0.3) is 0 Å². The van der Waals surface area contributed by atoms with Gasteiger partial charge in [-0.1, -0.05) is 57.5 Å². The van der Waals surface area contributed by atoms with E-state index in [1.807, 2.05) is 0 Å². The molecule has 1 amide bonds. The maximum absolute atomic E-state index is 12.1. The molecule has 0 aliphatic rings. The van der Waals surface area contributed by atoms with E-state index in [1.54, 1.807) is 0 Å². The molecule has 118 valence electrons. The molecule has 0 aromatic heterocycles. The fourth-order valence-corrected chi connectivity index (χ4v) is 2.40. The number of nitrogens with one attached hydrogen (secondary N) is 1. The van der Waals surface area contributed by atoms with Crippen LogP contribution in [0.2, 0.25) is 0 Å². The molecule has 0 heterocycles. The molecule has 0 atom stereocenters. The molecule has 0 spiro atoms. The number of nitrogens with zero attached hydrogens (tertiary/aromatic N) is 1. The van der Waals surface area contributed by atoms with Crippen molar-refractivity contribution in [2.75, 3.05) is 19.6 Å². The summed E-state index contributed by atoms with van der Waals surface area (Å²) in [5.41, 5.74) is 2.39. The standard InChI is InChI=1S/C18H30N2O/c1-14(2)11-20(12-15(3)4)13-18(21)19-10-17-8-6-16(5)7-9-17/h6-9,14-15H,10-13H2,1-5H3,(H,19,21). The average molecular weight is 290 g/mol. The van der Waals surface area contributed by atoms with Crippen LogP contribution < -0.4 is 5.32 Å². The van der Waals surface area contributed by atoms with Crippen LogP contribution in [0.4, 0.5) is 0 Å². The lowest BCUT2D eigenvalue weighted by Gasteiger charge is -2.25. The second kappa shape index (κ2) is 8.83. The normalized spacial score (nSPS) is 11.4. The van der Waals surface area contributed by atoms with Gasteiger partial charge in [-0.2, -0.15) is 0 Å². The third-order valence-corrected chi connectivity index (χ3v) is 3.22. The summed E-state index contributed by atoms with van der Waals surface area (Å²) in [6.07, 6.45) is 0. The molecular formula is C18H30N2O. The van der Waals surface area contributed by atoms with Crippen LogP contribution >= 0.6 is 0 Å². The molecule has 21 heavy (non-hydrogen) atoms. The van der Waals surface area contributed by atoms with Crippen LogP contribution in [0.3, 0.4) is 0 Å². The molecule has 3 heteroatoms. The number of carbonyl (C=O) groups is 1. The van der Waals surface area contributed by atoms with Gasteiger partial charge in [0.15, 0.2) is 0 Å². The molecular weight excluding hydrogens is 260 g/mol. The first-order valence-corrected chi connectivity index (χ1v) is 7.91. The second-order valence-electron chi connectivity index (χ2n) is 6.74. The van der Waals surface area contributed by atoms with E-state index in [9.17, 15) is 4.79 Å². The van der Waals surface area contributed by atoms with Crippen molar-refractivity contribution >= 4 is 5.91 Å². The van der Waals surface area contributed by atoms with Crippen molar-refractivity contribution in [1.29, 1.82) is 0 Å². The first-order valence-electron chi connectivity index (χ1n) is 7.91. The van der Waals surface area contributed by atoms with Crippen molar-refractivity contribution in [2.24, 2.45) is 11.8 Å². The zero-order valence-electron chi connectivity index (χ0n) is 14.1.